The Kier molecular flexibility index (Phi) is 2.50. The van der Waals surface area contributed by atoms with Gasteiger partial charge in [0.25, 0.3) is 0 Å². The van der Waals surface area contributed by atoms with Gasteiger partial charge in [-0.15, -0.1) is 0 Å². The van der Waals surface area contributed by atoms with Crippen molar-refractivity contribution < 1.29 is 14.4 Å². The molecule has 0 radical (unpaired) electrons. The van der Waals surface area contributed by atoms with Crippen LogP contribution in [-0.2, 0) is 0 Å². The topological polar surface area (TPSA) is 112 Å². The van der Waals surface area contributed by atoms with E-state index in [0.29, 0.717) is 22.5 Å². The summed E-state index contributed by atoms with van der Waals surface area (Å²) >= 11 is 0. The summed E-state index contributed by atoms with van der Waals surface area (Å²) in [5.74, 6) is -0.519. The van der Waals surface area contributed by atoms with E-state index in [9.17, 15) is 14.7 Å². The second-order valence-electron chi connectivity index (χ2n) is 4.53. The van der Waals surface area contributed by atoms with Crippen molar-refractivity contribution >= 4 is 17.0 Å². The van der Waals surface area contributed by atoms with E-state index in [2.05, 4.69) is 15.1 Å². The van der Waals surface area contributed by atoms with Crippen LogP contribution in [0.25, 0.3) is 22.2 Å². The molecule has 0 aliphatic rings. The third kappa shape index (κ3) is 1.71. The number of H-pyrrole nitrogens is 2. The number of hydrogen-bond donors (Lipinski definition) is 3. The van der Waals surface area contributed by atoms with E-state index in [-0.39, 0.29) is 11.1 Å². The first-order chi connectivity index (χ1) is 9.47. The van der Waals surface area contributed by atoms with Gasteiger partial charge in [0.1, 0.15) is 5.76 Å². The lowest BCUT2D eigenvalue weighted by molar-refractivity contribution is 0.0699. The number of hydrogen-bond acceptors (Lipinski definition) is 4. The maximum Gasteiger partial charge on any atom is 0.337 e. The summed E-state index contributed by atoms with van der Waals surface area (Å²) in [6.45, 7) is 3.52. The number of aromatic amines is 2. The van der Waals surface area contributed by atoms with E-state index in [0.717, 1.165) is 5.56 Å². The van der Waals surface area contributed by atoms with Crippen molar-refractivity contribution in [2.45, 2.75) is 13.8 Å². The van der Waals surface area contributed by atoms with Gasteiger partial charge in [0, 0.05) is 5.56 Å². The highest BCUT2D eigenvalue weighted by atomic mass is 16.5. The summed E-state index contributed by atoms with van der Waals surface area (Å²) in [5.41, 5.74) is 2.33. The Morgan fingerprint density at radius 1 is 1.30 bits per heavy atom. The average molecular weight is 273 g/mol. The van der Waals surface area contributed by atoms with E-state index < -0.39 is 11.7 Å². The zero-order chi connectivity index (χ0) is 14.4. The van der Waals surface area contributed by atoms with Crippen LogP contribution in [0.5, 0.6) is 0 Å². The Hall–Kier alpha value is -2.83. The smallest absolute Gasteiger partial charge is 0.337 e. The molecule has 0 aliphatic carbocycles. The first kappa shape index (κ1) is 12.2. The van der Waals surface area contributed by atoms with Gasteiger partial charge in [-0.05, 0) is 31.5 Å². The second-order valence-corrected chi connectivity index (χ2v) is 4.53. The minimum atomic E-state index is -1.11. The molecule has 0 unspecified atom stereocenters. The van der Waals surface area contributed by atoms with Crippen LogP contribution in [0.3, 0.4) is 0 Å². The van der Waals surface area contributed by atoms with Gasteiger partial charge < -0.3 is 19.6 Å². The maximum absolute atomic E-state index is 11.4. The molecule has 0 bridgehead atoms. The van der Waals surface area contributed by atoms with Crippen LogP contribution in [0.4, 0.5) is 0 Å². The highest BCUT2D eigenvalue weighted by Gasteiger charge is 2.18. The Morgan fingerprint density at radius 2 is 2.05 bits per heavy atom. The molecular formula is C13H11N3O4. The molecule has 0 atom stereocenters. The Labute approximate surface area is 112 Å². The summed E-state index contributed by atoms with van der Waals surface area (Å²) in [6.07, 6.45) is 0. The lowest BCUT2D eigenvalue weighted by Crippen LogP contribution is -2.01. The van der Waals surface area contributed by atoms with Gasteiger partial charge in [-0.25, -0.2) is 9.59 Å². The van der Waals surface area contributed by atoms with Crippen molar-refractivity contribution in [2.24, 2.45) is 0 Å². The van der Waals surface area contributed by atoms with Crippen molar-refractivity contribution in [1.82, 2.24) is 15.1 Å². The molecule has 3 N–H and O–H groups in total. The van der Waals surface area contributed by atoms with Gasteiger partial charge in [-0.1, -0.05) is 5.16 Å². The molecule has 20 heavy (non-hydrogen) atoms. The van der Waals surface area contributed by atoms with E-state index in [4.69, 9.17) is 4.52 Å². The lowest BCUT2D eigenvalue weighted by Gasteiger charge is -2.04. The van der Waals surface area contributed by atoms with E-state index in [1.807, 2.05) is 0 Å². The Bertz CT molecular complexity index is 865. The molecular weight excluding hydrogens is 262 g/mol. The number of nitrogens with one attached hydrogen (secondary N) is 2. The normalized spacial score (nSPS) is 11.1. The van der Waals surface area contributed by atoms with Crippen molar-refractivity contribution in [3.05, 3.63) is 39.6 Å². The van der Waals surface area contributed by atoms with E-state index in [1.54, 1.807) is 19.9 Å². The molecule has 0 spiro atoms. The van der Waals surface area contributed by atoms with Crippen LogP contribution >= 0.6 is 0 Å². The minimum Gasteiger partial charge on any atom is -0.478 e. The Balaban J connectivity index is 2.38. The summed E-state index contributed by atoms with van der Waals surface area (Å²) in [5, 5.41) is 13.1. The zero-order valence-electron chi connectivity index (χ0n) is 10.8. The Morgan fingerprint density at radius 3 is 2.65 bits per heavy atom. The number of aryl methyl sites for hydroxylation is 2. The quantitative estimate of drug-likeness (QED) is 0.659. The predicted molar refractivity (Wildman–Crippen MR) is 70.8 cm³/mol. The molecule has 102 valence electrons. The van der Waals surface area contributed by atoms with E-state index >= 15 is 0 Å². The van der Waals surface area contributed by atoms with Crippen molar-refractivity contribution in [3.63, 3.8) is 0 Å². The largest absolute Gasteiger partial charge is 0.478 e. The monoisotopic (exact) mass is 273 g/mol. The number of carboxylic acid groups (broad SMARTS) is 1. The van der Waals surface area contributed by atoms with Crippen LogP contribution in [0.1, 0.15) is 21.8 Å². The molecule has 3 aromatic rings. The number of aromatic nitrogens is 3. The summed E-state index contributed by atoms with van der Waals surface area (Å²) in [7, 11) is 0. The first-order valence-corrected chi connectivity index (χ1v) is 5.90. The molecule has 2 heterocycles. The van der Waals surface area contributed by atoms with Crippen LogP contribution in [-0.4, -0.2) is 26.2 Å². The second kappa shape index (κ2) is 4.09. The number of carboxylic acids is 1. The summed E-state index contributed by atoms with van der Waals surface area (Å²) in [4.78, 5) is 27.7. The molecule has 0 saturated carbocycles. The third-order valence-corrected chi connectivity index (χ3v) is 3.18. The fourth-order valence-corrected chi connectivity index (χ4v) is 2.35. The van der Waals surface area contributed by atoms with E-state index in [1.165, 1.54) is 6.07 Å². The van der Waals surface area contributed by atoms with Crippen LogP contribution in [0.2, 0.25) is 0 Å². The van der Waals surface area contributed by atoms with Gasteiger partial charge in [-0.2, -0.15) is 0 Å². The van der Waals surface area contributed by atoms with Gasteiger partial charge in [0.15, 0.2) is 0 Å². The number of carbonyl (C=O) groups is 1. The number of benzene rings is 1. The maximum atomic E-state index is 11.4. The summed E-state index contributed by atoms with van der Waals surface area (Å²) in [6, 6.07) is 3.20. The minimum absolute atomic E-state index is 0.0239. The van der Waals surface area contributed by atoms with Crippen LogP contribution in [0.15, 0.2) is 21.5 Å². The molecule has 3 rings (SSSR count). The standard InChI is InChI=1S/C13H11N3O4/c1-5-10(6(2)20-16-5)7-3-8(12(17)18)11-9(4-7)14-13(19)15-11/h3-4H,1-2H3,(H,17,18)(H2,14,15,19). The third-order valence-electron chi connectivity index (χ3n) is 3.18. The fourth-order valence-electron chi connectivity index (χ4n) is 2.35. The highest BCUT2D eigenvalue weighted by Crippen LogP contribution is 2.30. The lowest BCUT2D eigenvalue weighted by atomic mass is 10.0. The van der Waals surface area contributed by atoms with Gasteiger partial charge in [0.2, 0.25) is 0 Å². The SMILES string of the molecule is Cc1noc(C)c1-c1cc(C(=O)O)c2[nH]c(=O)[nH]c2c1. The van der Waals surface area contributed by atoms with Crippen LogP contribution in [0, 0.1) is 13.8 Å². The van der Waals surface area contributed by atoms with Crippen LogP contribution < -0.4 is 5.69 Å². The van der Waals surface area contributed by atoms with Crippen molar-refractivity contribution in [3.8, 4) is 11.1 Å². The van der Waals surface area contributed by atoms with Crippen molar-refractivity contribution in [1.29, 1.82) is 0 Å². The molecule has 0 fully saturated rings. The molecule has 1 aromatic carbocycles. The van der Waals surface area contributed by atoms with Crippen molar-refractivity contribution in [2.75, 3.05) is 0 Å². The van der Waals surface area contributed by atoms with Gasteiger partial charge in [0.05, 0.1) is 22.3 Å². The number of aromatic carboxylic acids is 1. The van der Waals surface area contributed by atoms with Gasteiger partial charge in [-0.3, -0.25) is 0 Å². The number of nitrogens with zero attached hydrogens (tertiary/aromatic N) is 1. The summed E-state index contributed by atoms with van der Waals surface area (Å²) < 4.78 is 5.09. The first-order valence-electron chi connectivity index (χ1n) is 5.90. The molecule has 0 saturated heterocycles. The average Bonchev–Trinajstić information content (AvgIpc) is 2.90. The molecule has 2 aromatic heterocycles. The number of imidazole rings is 1. The van der Waals surface area contributed by atoms with Gasteiger partial charge >= 0.3 is 11.7 Å². The zero-order valence-corrected chi connectivity index (χ0v) is 10.8. The number of rotatable bonds is 2. The molecule has 0 amide bonds. The molecule has 0 aliphatic heterocycles. The predicted octanol–water partition coefficient (Wildman–Crippen LogP) is 1.83. The highest BCUT2D eigenvalue weighted by molar-refractivity contribution is 6.03. The fraction of sp³-hybridized carbons (Fsp3) is 0.154. The molecule has 7 heteroatoms. The number of fused-ring (bicyclic) bond motifs is 1. The molecule has 7 nitrogen and oxygen atoms in total.